The summed E-state index contributed by atoms with van der Waals surface area (Å²) in [6.07, 6.45) is 16.2. The Balaban J connectivity index is 2.19. The minimum absolute atomic E-state index is 0.0643. The monoisotopic (exact) mass is 323 g/mol. The Hall–Kier alpha value is -1.32. The quantitative estimate of drug-likeness (QED) is 0.437. The maximum Gasteiger partial charge on any atom is 0.346 e. The number of hydrogen-bond donors (Lipinski definition) is 1. The average Bonchev–Trinajstić information content (AvgIpc) is 2.75. The molecule has 0 atom stereocenters. The molecule has 4 heteroatoms. The van der Waals surface area contributed by atoms with E-state index in [0.717, 1.165) is 24.4 Å². The van der Waals surface area contributed by atoms with Gasteiger partial charge in [0.15, 0.2) is 6.54 Å². The van der Waals surface area contributed by atoms with E-state index in [4.69, 9.17) is 5.11 Å². The largest absolute Gasteiger partial charge is 0.478 e. The van der Waals surface area contributed by atoms with Gasteiger partial charge < -0.3 is 5.11 Å². The Morgan fingerprint density at radius 2 is 1.57 bits per heavy atom. The minimum Gasteiger partial charge on any atom is -0.478 e. The van der Waals surface area contributed by atoms with Crippen molar-refractivity contribution in [2.45, 2.75) is 91.0 Å². The maximum atomic E-state index is 11.0. The number of carboxylic acid groups (broad SMARTS) is 1. The van der Waals surface area contributed by atoms with Gasteiger partial charge in [0, 0.05) is 13.3 Å². The molecule has 0 amide bonds. The highest BCUT2D eigenvalue weighted by Crippen LogP contribution is 2.12. The Morgan fingerprint density at radius 1 is 1.04 bits per heavy atom. The SMILES string of the molecule is CCCCCCCCCCCCc1n(C)c(C)c[n+]1CC(=O)O. The number of rotatable bonds is 13. The van der Waals surface area contributed by atoms with Crippen LogP contribution >= 0.6 is 0 Å². The van der Waals surface area contributed by atoms with Crippen molar-refractivity contribution in [1.29, 1.82) is 0 Å². The summed E-state index contributed by atoms with van der Waals surface area (Å²) in [5.41, 5.74) is 1.12. The first-order chi connectivity index (χ1) is 11.1. The molecule has 0 aliphatic heterocycles. The molecule has 0 saturated heterocycles. The van der Waals surface area contributed by atoms with Gasteiger partial charge in [0.2, 0.25) is 0 Å². The van der Waals surface area contributed by atoms with Crippen molar-refractivity contribution in [2.24, 2.45) is 7.05 Å². The number of nitrogens with zero attached hydrogens (tertiary/aromatic N) is 2. The second-order valence-corrected chi connectivity index (χ2v) is 6.70. The normalized spacial score (nSPS) is 11.1. The standard InChI is InChI=1S/C19H34N2O2/c1-4-5-6-7-8-9-10-11-12-13-14-18-20(3)17(2)15-21(18)16-19(22)23/h15H,4-14,16H2,1-3H3/p+1. The minimum atomic E-state index is -0.773. The predicted octanol–water partition coefficient (Wildman–Crippen LogP) is 4.17. The third kappa shape index (κ3) is 7.67. The van der Waals surface area contributed by atoms with Gasteiger partial charge in [0.1, 0.15) is 11.9 Å². The lowest BCUT2D eigenvalue weighted by atomic mass is 10.1. The number of aliphatic carboxylic acids is 1. The molecule has 23 heavy (non-hydrogen) atoms. The summed E-state index contributed by atoms with van der Waals surface area (Å²) in [4.78, 5) is 11.0. The predicted molar refractivity (Wildman–Crippen MR) is 93.5 cm³/mol. The summed E-state index contributed by atoms with van der Waals surface area (Å²) in [7, 11) is 2.03. The van der Waals surface area contributed by atoms with Crippen molar-refractivity contribution in [2.75, 3.05) is 0 Å². The van der Waals surface area contributed by atoms with E-state index in [0.29, 0.717) is 0 Å². The third-order valence-corrected chi connectivity index (χ3v) is 4.65. The summed E-state index contributed by atoms with van der Waals surface area (Å²) < 4.78 is 4.00. The molecule has 0 radical (unpaired) electrons. The van der Waals surface area contributed by atoms with Gasteiger partial charge in [0.05, 0.1) is 7.05 Å². The van der Waals surface area contributed by atoms with Crippen molar-refractivity contribution in [1.82, 2.24) is 4.57 Å². The van der Waals surface area contributed by atoms with E-state index in [1.807, 2.05) is 24.7 Å². The molecule has 0 aromatic carbocycles. The van der Waals surface area contributed by atoms with E-state index in [2.05, 4.69) is 11.5 Å². The van der Waals surface area contributed by atoms with Gasteiger partial charge in [-0.15, -0.1) is 0 Å². The van der Waals surface area contributed by atoms with E-state index in [9.17, 15) is 4.79 Å². The number of hydrogen-bond acceptors (Lipinski definition) is 1. The molecule has 132 valence electrons. The van der Waals surface area contributed by atoms with E-state index in [-0.39, 0.29) is 6.54 Å². The van der Waals surface area contributed by atoms with E-state index < -0.39 is 5.97 Å². The fourth-order valence-corrected chi connectivity index (χ4v) is 3.15. The molecule has 1 rings (SSSR count). The summed E-state index contributed by atoms with van der Waals surface area (Å²) in [6.45, 7) is 4.35. The summed E-state index contributed by atoms with van der Waals surface area (Å²) in [5.74, 6) is 0.356. The molecule has 4 nitrogen and oxygen atoms in total. The first kappa shape index (κ1) is 19.7. The van der Waals surface area contributed by atoms with Crippen LogP contribution in [0.2, 0.25) is 0 Å². The summed E-state index contributed by atoms with van der Waals surface area (Å²) in [6, 6.07) is 0. The lowest BCUT2D eigenvalue weighted by Gasteiger charge is -2.03. The molecular weight excluding hydrogens is 288 g/mol. The van der Waals surface area contributed by atoms with Crippen LogP contribution in [0.5, 0.6) is 0 Å². The molecular formula is C19H35N2O2+. The molecule has 0 unspecified atom stereocenters. The second-order valence-electron chi connectivity index (χ2n) is 6.70. The van der Waals surface area contributed by atoms with Crippen molar-refractivity contribution in [3.8, 4) is 0 Å². The molecule has 0 aliphatic carbocycles. The van der Waals surface area contributed by atoms with Gasteiger partial charge in [-0.05, 0) is 6.42 Å². The molecule has 1 aromatic rings. The highest BCUT2D eigenvalue weighted by molar-refractivity contribution is 5.64. The van der Waals surface area contributed by atoms with Crippen LogP contribution < -0.4 is 4.57 Å². The second kappa shape index (κ2) is 11.3. The number of unbranched alkanes of at least 4 members (excludes halogenated alkanes) is 9. The lowest BCUT2D eigenvalue weighted by molar-refractivity contribution is -0.692. The van der Waals surface area contributed by atoms with Gasteiger partial charge in [-0.25, -0.2) is 13.9 Å². The van der Waals surface area contributed by atoms with Gasteiger partial charge in [-0.3, -0.25) is 0 Å². The van der Waals surface area contributed by atoms with Crippen molar-refractivity contribution >= 4 is 5.97 Å². The number of aromatic nitrogens is 2. The Labute approximate surface area is 141 Å². The fraction of sp³-hybridized carbons (Fsp3) is 0.789. The molecule has 0 saturated carbocycles. The number of carboxylic acids is 1. The van der Waals surface area contributed by atoms with Crippen LogP contribution in [0.1, 0.15) is 82.7 Å². The van der Waals surface area contributed by atoms with Crippen LogP contribution in [-0.2, 0) is 24.8 Å². The van der Waals surface area contributed by atoms with Gasteiger partial charge in [0.25, 0.3) is 5.82 Å². The zero-order chi connectivity index (χ0) is 17.1. The third-order valence-electron chi connectivity index (χ3n) is 4.65. The molecule has 0 fully saturated rings. The first-order valence-corrected chi connectivity index (χ1v) is 9.32. The van der Waals surface area contributed by atoms with Gasteiger partial charge in [-0.1, -0.05) is 64.7 Å². The highest BCUT2D eigenvalue weighted by Gasteiger charge is 2.19. The van der Waals surface area contributed by atoms with E-state index in [1.54, 1.807) is 0 Å². The molecule has 0 bridgehead atoms. The fourth-order valence-electron chi connectivity index (χ4n) is 3.15. The van der Waals surface area contributed by atoms with Crippen LogP contribution in [0, 0.1) is 6.92 Å². The molecule has 0 spiro atoms. The first-order valence-electron chi connectivity index (χ1n) is 9.32. The number of imidazole rings is 1. The van der Waals surface area contributed by atoms with E-state index in [1.165, 1.54) is 57.8 Å². The number of aryl methyl sites for hydroxylation is 1. The molecule has 0 aliphatic rings. The van der Waals surface area contributed by atoms with Gasteiger partial charge in [-0.2, -0.15) is 0 Å². The van der Waals surface area contributed by atoms with Crippen LogP contribution in [0.4, 0.5) is 0 Å². The Kier molecular flexibility index (Phi) is 9.65. The van der Waals surface area contributed by atoms with E-state index >= 15 is 0 Å². The van der Waals surface area contributed by atoms with Gasteiger partial charge >= 0.3 is 5.97 Å². The maximum absolute atomic E-state index is 11.0. The highest BCUT2D eigenvalue weighted by atomic mass is 16.4. The Bertz CT molecular complexity index is 466. The molecule has 1 N–H and O–H groups in total. The van der Waals surface area contributed by atoms with Crippen LogP contribution in [-0.4, -0.2) is 15.6 Å². The zero-order valence-electron chi connectivity index (χ0n) is 15.3. The van der Waals surface area contributed by atoms with Crippen molar-refractivity contribution in [3.63, 3.8) is 0 Å². The summed E-state index contributed by atoms with van der Waals surface area (Å²) in [5, 5.41) is 9.01. The zero-order valence-corrected chi connectivity index (χ0v) is 15.3. The number of carbonyl (C=O) groups is 1. The summed E-state index contributed by atoms with van der Waals surface area (Å²) >= 11 is 0. The van der Waals surface area contributed by atoms with Crippen LogP contribution in [0.3, 0.4) is 0 Å². The van der Waals surface area contributed by atoms with Crippen molar-refractivity contribution < 1.29 is 14.5 Å². The lowest BCUT2D eigenvalue weighted by Crippen LogP contribution is -2.40. The molecule has 1 aromatic heterocycles. The smallest absolute Gasteiger partial charge is 0.346 e. The topological polar surface area (TPSA) is 46.1 Å². The van der Waals surface area contributed by atoms with Crippen LogP contribution in [0.25, 0.3) is 0 Å². The molecule has 1 heterocycles. The van der Waals surface area contributed by atoms with Crippen LogP contribution in [0.15, 0.2) is 6.20 Å². The Morgan fingerprint density at radius 3 is 2.09 bits per heavy atom. The average molecular weight is 324 g/mol. The van der Waals surface area contributed by atoms with Crippen molar-refractivity contribution in [3.05, 3.63) is 17.7 Å².